The number of hydrogen-bond acceptors (Lipinski definition) is 5. The molecule has 4 aliphatic rings. The first-order valence-corrected chi connectivity index (χ1v) is 12.4. The summed E-state index contributed by atoms with van der Waals surface area (Å²) in [5.41, 5.74) is 0. The molecule has 3 N–H and O–H groups in total. The molecule has 0 radical (unpaired) electrons. The number of nitrogens with zero attached hydrogens (tertiary/aromatic N) is 1. The second-order valence-corrected chi connectivity index (χ2v) is 11.4. The number of nitrogens with one attached hydrogen (secondary N) is 2. The summed E-state index contributed by atoms with van der Waals surface area (Å²) in [4.78, 5) is 41.8. The van der Waals surface area contributed by atoms with Gasteiger partial charge in [-0.2, -0.15) is 0 Å². The predicted octanol–water partition coefficient (Wildman–Crippen LogP) is 1.29. The molecule has 3 aliphatic heterocycles. The van der Waals surface area contributed by atoms with Crippen LogP contribution in [0.25, 0.3) is 0 Å². The molecule has 6 atom stereocenters. The second kappa shape index (κ2) is 8.34. The number of fused-ring (bicyclic) bond motifs is 1. The molecule has 4 rings (SSSR count). The van der Waals surface area contributed by atoms with Crippen LogP contribution in [0.4, 0.5) is 0 Å². The lowest BCUT2D eigenvalue weighted by Crippen LogP contribution is -2.59. The first-order chi connectivity index (χ1) is 14.4. The summed E-state index contributed by atoms with van der Waals surface area (Å²) < 4.78 is -0.569. The maximum atomic E-state index is 13.8. The summed E-state index contributed by atoms with van der Waals surface area (Å²) in [5, 5.41) is 16.2. The largest absolute Gasteiger partial charge is 0.394 e. The first kappa shape index (κ1) is 21.9. The number of likely N-dealkylation sites (tertiary alicyclic amines) is 1. The van der Waals surface area contributed by atoms with E-state index in [4.69, 9.17) is 0 Å². The van der Waals surface area contributed by atoms with Crippen LogP contribution >= 0.6 is 11.8 Å². The number of carbonyl (C=O) groups excluding carboxylic acids is 3. The van der Waals surface area contributed by atoms with Crippen molar-refractivity contribution in [3.8, 4) is 0 Å². The molecule has 3 amide bonds. The minimum Gasteiger partial charge on any atom is -0.394 e. The van der Waals surface area contributed by atoms with Gasteiger partial charge in [-0.05, 0) is 31.6 Å². The quantitative estimate of drug-likeness (QED) is 0.582. The van der Waals surface area contributed by atoms with Crippen molar-refractivity contribution in [1.82, 2.24) is 15.5 Å². The van der Waals surface area contributed by atoms with Crippen molar-refractivity contribution < 1.29 is 19.5 Å². The maximum absolute atomic E-state index is 13.8. The Morgan fingerprint density at radius 3 is 2.50 bits per heavy atom. The van der Waals surface area contributed by atoms with E-state index in [1.807, 2.05) is 13.8 Å². The number of amides is 3. The van der Waals surface area contributed by atoms with Gasteiger partial charge in [0.1, 0.15) is 6.04 Å². The van der Waals surface area contributed by atoms with Crippen LogP contribution in [0.2, 0.25) is 0 Å². The monoisotopic (exact) mass is 437 g/mol. The van der Waals surface area contributed by atoms with Crippen molar-refractivity contribution in [2.75, 3.05) is 13.7 Å². The van der Waals surface area contributed by atoms with Crippen molar-refractivity contribution in [2.24, 2.45) is 17.8 Å². The van der Waals surface area contributed by atoms with Gasteiger partial charge in [-0.1, -0.05) is 33.1 Å². The molecular weight excluding hydrogens is 402 g/mol. The zero-order chi connectivity index (χ0) is 21.6. The van der Waals surface area contributed by atoms with Crippen LogP contribution in [0.5, 0.6) is 0 Å². The molecule has 0 aromatic rings. The van der Waals surface area contributed by atoms with E-state index in [1.54, 1.807) is 23.7 Å². The molecule has 1 aliphatic carbocycles. The van der Waals surface area contributed by atoms with Gasteiger partial charge < -0.3 is 20.6 Å². The normalized spacial score (nSPS) is 36.8. The first-order valence-electron chi connectivity index (χ1n) is 11.5. The number of carbonyl (C=O) groups is 3. The van der Waals surface area contributed by atoms with Gasteiger partial charge in [0.25, 0.3) is 0 Å². The van der Waals surface area contributed by atoms with Gasteiger partial charge in [0.15, 0.2) is 0 Å². The molecule has 7 nitrogen and oxygen atoms in total. The summed E-state index contributed by atoms with van der Waals surface area (Å²) in [6.45, 7) is 3.76. The van der Waals surface area contributed by atoms with E-state index in [-0.39, 0.29) is 41.5 Å². The topological polar surface area (TPSA) is 98.7 Å². The Labute approximate surface area is 183 Å². The van der Waals surface area contributed by atoms with Crippen LogP contribution in [-0.4, -0.2) is 69.5 Å². The third kappa shape index (κ3) is 3.25. The molecular formula is C22H35N3O4S. The fourth-order valence-electron chi connectivity index (χ4n) is 6.36. The van der Waals surface area contributed by atoms with Crippen LogP contribution in [0.1, 0.15) is 58.8 Å². The second-order valence-electron chi connectivity index (χ2n) is 9.75. The Morgan fingerprint density at radius 2 is 1.90 bits per heavy atom. The smallest absolute Gasteiger partial charge is 0.244 e. The fourth-order valence-corrected chi connectivity index (χ4v) is 8.57. The molecule has 0 aromatic carbocycles. The third-order valence-corrected chi connectivity index (χ3v) is 9.75. The molecule has 168 valence electrons. The van der Waals surface area contributed by atoms with Crippen LogP contribution in [0, 0.1) is 17.8 Å². The maximum Gasteiger partial charge on any atom is 0.244 e. The number of thioether (sulfide) groups is 1. The number of rotatable bonds is 6. The third-order valence-electron chi connectivity index (χ3n) is 7.80. The Bertz CT molecular complexity index is 710. The van der Waals surface area contributed by atoms with Crippen LogP contribution in [0.3, 0.4) is 0 Å². The lowest BCUT2D eigenvalue weighted by molar-refractivity contribution is -0.143. The van der Waals surface area contributed by atoms with E-state index in [0.717, 1.165) is 38.5 Å². The number of aliphatic hydroxyl groups excluding tert-OH is 1. The van der Waals surface area contributed by atoms with Gasteiger partial charge in [-0.3, -0.25) is 14.4 Å². The molecule has 4 fully saturated rings. The highest BCUT2D eigenvalue weighted by Gasteiger charge is 2.74. The molecule has 3 heterocycles. The SMILES string of the molecule is CNC(=O)[C@@H]1[C@@H]2CCC3(S2)C(C(=O)NC2CCCCC2)N([C@@H](CO)C(C)C)C(=O)[C@H]13. The van der Waals surface area contributed by atoms with Crippen LogP contribution < -0.4 is 10.6 Å². The summed E-state index contributed by atoms with van der Waals surface area (Å²) >= 11 is 1.68. The standard InChI is InChI=1S/C22H35N3O4S/c1-12(2)14(11-26)25-18(20(28)24-13-7-5-4-6-8-13)22-10-9-15(30-22)16(19(27)23-3)17(22)21(25)29/h12-18,26H,4-11H2,1-3H3,(H,23,27)(H,24,28)/t14-,15-,16+,17-,18?,22?/m0/s1. The molecule has 2 bridgehead atoms. The summed E-state index contributed by atoms with van der Waals surface area (Å²) in [6, 6.07) is -0.894. The van der Waals surface area contributed by atoms with Gasteiger partial charge >= 0.3 is 0 Å². The van der Waals surface area contributed by atoms with E-state index < -0.39 is 28.7 Å². The number of aliphatic hydroxyl groups is 1. The van der Waals surface area contributed by atoms with Gasteiger partial charge in [0.05, 0.1) is 29.2 Å². The molecule has 30 heavy (non-hydrogen) atoms. The lowest BCUT2D eigenvalue weighted by atomic mass is 9.70. The van der Waals surface area contributed by atoms with Crippen molar-refractivity contribution >= 4 is 29.5 Å². The average molecular weight is 438 g/mol. The number of hydrogen-bond donors (Lipinski definition) is 3. The van der Waals surface area contributed by atoms with Gasteiger partial charge in [-0.15, -0.1) is 11.8 Å². The van der Waals surface area contributed by atoms with Crippen molar-refractivity contribution in [3.05, 3.63) is 0 Å². The predicted molar refractivity (Wildman–Crippen MR) is 116 cm³/mol. The molecule has 8 heteroatoms. The molecule has 1 spiro atoms. The van der Waals surface area contributed by atoms with Crippen LogP contribution in [0.15, 0.2) is 0 Å². The average Bonchev–Trinajstić information content (AvgIpc) is 3.36. The van der Waals surface area contributed by atoms with Gasteiger partial charge in [-0.25, -0.2) is 0 Å². The van der Waals surface area contributed by atoms with Gasteiger partial charge in [0.2, 0.25) is 17.7 Å². The minimum absolute atomic E-state index is 0.0137. The molecule has 3 saturated heterocycles. The highest BCUT2D eigenvalue weighted by molar-refractivity contribution is 8.02. The highest BCUT2D eigenvalue weighted by atomic mass is 32.2. The Morgan fingerprint density at radius 1 is 1.20 bits per heavy atom. The Kier molecular flexibility index (Phi) is 6.10. The lowest BCUT2D eigenvalue weighted by Gasteiger charge is -2.39. The fraction of sp³-hybridized carbons (Fsp3) is 0.864. The van der Waals surface area contributed by atoms with E-state index in [1.165, 1.54) is 6.42 Å². The summed E-state index contributed by atoms with van der Waals surface area (Å²) in [5.74, 6) is -1.21. The zero-order valence-corrected chi connectivity index (χ0v) is 19.0. The van der Waals surface area contributed by atoms with E-state index >= 15 is 0 Å². The minimum atomic E-state index is -0.624. The summed E-state index contributed by atoms with van der Waals surface area (Å²) in [7, 11) is 1.61. The van der Waals surface area contributed by atoms with Crippen molar-refractivity contribution in [3.63, 3.8) is 0 Å². The molecule has 1 saturated carbocycles. The Hall–Kier alpha value is -1.28. The van der Waals surface area contributed by atoms with Crippen molar-refractivity contribution in [1.29, 1.82) is 0 Å². The van der Waals surface area contributed by atoms with E-state index in [9.17, 15) is 19.5 Å². The highest BCUT2D eigenvalue weighted by Crippen LogP contribution is 2.66. The Balaban J connectivity index is 1.71. The van der Waals surface area contributed by atoms with Gasteiger partial charge in [0, 0.05) is 18.3 Å². The zero-order valence-electron chi connectivity index (χ0n) is 18.2. The molecule has 2 unspecified atom stereocenters. The van der Waals surface area contributed by atoms with Crippen molar-refractivity contribution in [2.45, 2.75) is 86.9 Å². The molecule has 0 aromatic heterocycles. The van der Waals surface area contributed by atoms with E-state index in [2.05, 4.69) is 10.6 Å². The van der Waals surface area contributed by atoms with Crippen LogP contribution in [-0.2, 0) is 14.4 Å². The van der Waals surface area contributed by atoms with E-state index in [0.29, 0.717) is 0 Å². The summed E-state index contributed by atoms with van der Waals surface area (Å²) in [6.07, 6.45) is 7.01.